The smallest absolute Gasteiger partial charge is 0.269 e. The molecule has 0 spiro atoms. The average Bonchev–Trinajstić information content (AvgIpc) is 3.31. The third-order valence-corrected chi connectivity index (χ3v) is 6.76. The van der Waals surface area contributed by atoms with Crippen molar-refractivity contribution < 1.29 is 14.8 Å². The lowest BCUT2D eigenvalue weighted by atomic mass is 9.84. The fraction of sp³-hybridized carbons (Fsp3) is 0.450. The SMILES string of the molecule is CC(O)c1ccc(C2(CNC(=O)Cc3ccc([N+](=O)[O-])cc3)CCCC2)s1. The molecule has 1 atom stereocenters. The van der Waals surface area contributed by atoms with Gasteiger partial charge in [0.15, 0.2) is 0 Å². The van der Waals surface area contributed by atoms with Crippen molar-refractivity contribution in [2.75, 3.05) is 6.54 Å². The molecule has 2 aromatic rings. The maximum absolute atomic E-state index is 12.4. The van der Waals surface area contributed by atoms with Crippen molar-refractivity contribution in [3.05, 3.63) is 61.8 Å². The number of nitro benzene ring substituents is 1. The first-order valence-electron chi connectivity index (χ1n) is 9.18. The van der Waals surface area contributed by atoms with Gasteiger partial charge in [0.25, 0.3) is 5.69 Å². The standard InChI is InChI=1S/C20H24N2O4S/c1-14(23)17-8-9-18(27-17)20(10-2-3-11-20)13-21-19(24)12-15-4-6-16(7-5-15)22(25)26/h4-9,14,23H,2-3,10-13H2,1H3,(H,21,24). The first kappa shape index (κ1) is 19.5. The van der Waals surface area contributed by atoms with Gasteiger partial charge in [0, 0.05) is 33.8 Å². The molecule has 3 rings (SSSR count). The van der Waals surface area contributed by atoms with Gasteiger partial charge in [-0.15, -0.1) is 11.3 Å². The number of aliphatic hydroxyl groups is 1. The molecule has 0 radical (unpaired) electrons. The Labute approximate surface area is 162 Å². The van der Waals surface area contributed by atoms with Gasteiger partial charge in [0.1, 0.15) is 0 Å². The van der Waals surface area contributed by atoms with Crippen LogP contribution in [-0.2, 0) is 16.6 Å². The topological polar surface area (TPSA) is 92.5 Å². The van der Waals surface area contributed by atoms with E-state index in [1.807, 2.05) is 6.07 Å². The van der Waals surface area contributed by atoms with Crippen molar-refractivity contribution in [1.29, 1.82) is 0 Å². The molecule has 6 nitrogen and oxygen atoms in total. The van der Waals surface area contributed by atoms with Gasteiger partial charge in [-0.05, 0) is 37.5 Å². The molecular weight excluding hydrogens is 364 g/mol. The van der Waals surface area contributed by atoms with Crippen LogP contribution in [0.1, 0.15) is 54.0 Å². The summed E-state index contributed by atoms with van der Waals surface area (Å²) in [4.78, 5) is 24.8. The minimum atomic E-state index is -0.473. The Kier molecular flexibility index (Phi) is 5.92. The summed E-state index contributed by atoms with van der Waals surface area (Å²) >= 11 is 1.63. The fourth-order valence-corrected chi connectivity index (χ4v) is 4.87. The van der Waals surface area contributed by atoms with Crippen LogP contribution in [0.3, 0.4) is 0 Å². The number of nitro groups is 1. The molecule has 1 aromatic carbocycles. The van der Waals surface area contributed by atoms with Crippen molar-refractivity contribution in [3.8, 4) is 0 Å². The lowest BCUT2D eigenvalue weighted by Gasteiger charge is -2.28. The molecule has 144 valence electrons. The van der Waals surface area contributed by atoms with Gasteiger partial charge in [-0.25, -0.2) is 0 Å². The number of aliphatic hydroxyl groups excluding tert-OH is 1. The lowest BCUT2D eigenvalue weighted by molar-refractivity contribution is -0.384. The number of rotatable bonds is 7. The van der Waals surface area contributed by atoms with Gasteiger partial charge in [0.05, 0.1) is 17.4 Å². The summed E-state index contributed by atoms with van der Waals surface area (Å²) in [5, 5.41) is 23.6. The second-order valence-electron chi connectivity index (χ2n) is 7.24. The van der Waals surface area contributed by atoms with Gasteiger partial charge in [-0.3, -0.25) is 14.9 Å². The predicted octanol–water partition coefficient (Wildman–Crippen LogP) is 3.88. The first-order valence-corrected chi connectivity index (χ1v) is 10.00. The molecule has 7 heteroatoms. The molecule has 1 amide bonds. The van der Waals surface area contributed by atoms with Crippen molar-refractivity contribution in [1.82, 2.24) is 5.32 Å². The van der Waals surface area contributed by atoms with Crippen LogP contribution in [-0.4, -0.2) is 22.5 Å². The molecule has 1 fully saturated rings. The number of non-ortho nitro benzene ring substituents is 1. The second kappa shape index (κ2) is 8.19. The predicted molar refractivity (Wildman–Crippen MR) is 105 cm³/mol. The van der Waals surface area contributed by atoms with Gasteiger partial charge >= 0.3 is 0 Å². The number of benzene rings is 1. The van der Waals surface area contributed by atoms with Gasteiger partial charge in [-0.1, -0.05) is 25.0 Å². The highest BCUT2D eigenvalue weighted by molar-refractivity contribution is 7.12. The number of hydrogen-bond donors (Lipinski definition) is 2. The maximum Gasteiger partial charge on any atom is 0.269 e. The highest BCUT2D eigenvalue weighted by atomic mass is 32.1. The van der Waals surface area contributed by atoms with Crippen LogP contribution in [0.5, 0.6) is 0 Å². The molecule has 0 saturated heterocycles. The van der Waals surface area contributed by atoms with E-state index in [2.05, 4.69) is 11.4 Å². The summed E-state index contributed by atoms with van der Waals surface area (Å²) in [6, 6.07) is 10.1. The monoisotopic (exact) mass is 388 g/mol. The van der Waals surface area contributed by atoms with E-state index in [0.717, 1.165) is 36.1 Å². The van der Waals surface area contributed by atoms with Crippen LogP contribution in [0.15, 0.2) is 36.4 Å². The molecule has 27 heavy (non-hydrogen) atoms. The zero-order chi connectivity index (χ0) is 19.4. The van der Waals surface area contributed by atoms with Gasteiger partial charge in [-0.2, -0.15) is 0 Å². The van der Waals surface area contributed by atoms with Crippen molar-refractivity contribution in [2.45, 2.75) is 50.5 Å². The molecule has 1 heterocycles. The van der Waals surface area contributed by atoms with Crippen LogP contribution in [0.25, 0.3) is 0 Å². The van der Waals surface area contributed by atoms with Crippen LogP contribution in [0.2, 0.25) is 0 Å². The Morgan fingerprint density at radius 1 is 1.26 bits per heavy atom. The zero-order valence-electron chi connectivity index (χ0n) is 15.3. The quantitative estimate of drug-likeness (QED) is 0.556. The minimum Gasteiger partial charge on any atom is -0.388 e. The molecule has 1 aliphatic carbocycles. The normalized spacial score (nSPS) is 16.8. The third-order valence-electron chi connectivity index (χ3n) is 5.26. The van der Waals surface area contributed by atoms with E-state index in [1.165, 1.54) is 17.0 Å². The molecule has 2 N–H and O–H groups in total. The Morgan fingerprint density at radius 2 is 1.93 bits per heavy atom. The van der Waals surface area contributed by atoms with Gasteiger partial charge < -0.3 is 10.4 Å². The van der Waals surface area contributed by atoms with Crippen LogP contribution in [0.4, 0.5) is 5.69 Å². The first-order chi connectivity index (χ1) is 12.9. The third kappa shape index (κ3) is 4.54. The number of thiophene rings is 1. The Hall–Kier alpha value is -2.25. The van der Waals surface area contributed by atoms with E-state index in [4.69, 9.17) is 0 Å². The van der Waals surface area contributed by atoms with Crippen LogP contribution < -0.4 is 5.32 Å². The minimum absolute atomic E-state index is 0.0238. The summed E-state index contributed by atoms with van der Waals surface area (Å²) in [7, 11) is 0. The number of nitrogens with zero attached hydrogens (tertiary/aromatic N) is 1. The maximum atomic E-state index is 12.4. The summed E-state index contributed by atoms with van der Waals surface area (Å²) < 4.78 is 0. The van der Waals surface area contributed by atoms with E-state index >= 15 is 0 Å². The number of carbonyl (C=O) groups is 1. The Bertz CT molecular complexity index is 808. The zero-order valence-corrected chi connectivity index (χ0v) is 16.1. The second-order valence-corrected chi connectivity index (χ2v) is 8.36. The summed E-state index contributed by atoms with van der Waals surface area (Å²) in [6.45, 7) is 2.35. The fourth-order valence-electron chi connectivity index (χ4n) is 3.68. The number of carbonyl (C=O) groups excluding carboxylic acids is 1. The van der Waals surface area contributed by atoms with E-state index in [9.17, 15) is 20.0 Å². The van der Waals surface area contributed by atoms with E-state index in [-0.39, 0.29) is 23.4 Å². The van der Waals surface area contributed by atoms with E-state index in [1.54, 1.807) is 30.4 Å². The highest BCUT2D eigenvalue weighted by Gasteiger charge is 2.37. The van der Waals surface area contributed by atoms with Crippen molar-refractivity contribution in [3.63, 3.8) is 0 Å². The van der Waals surface area contributed by atoms with Crippen LogP contribution in [0, 0.1) is 10.1 Å². The summed E-state index contributed by atoms with van der Waals surface area (Å²) in [5.41, 5.74) is 0.727. The number of amides is 1. The summed E-state index contributed by atoms with van der Waals surface area (Å²) in [5.74, 6) is -0.0811. The molecule has 1 aliphatic rings. The van der Waals surface area contributed by atoms with Crippen molar-refractivity contribution in [2.24, 2.45) is 0 Å². The highest BCUT2D eigenvalue weighted by Crippen LogP contribution is 2.44. The van der Waals surface area contributed by atoms with E-state index in [0.29, 0.717) is 6.54 Å². The largest absolute Gasteiger partial charge is 0.388 e. The van der Waals surface area contributed by atoms with Crippen LogP contribution >= 0.6 is 11.3 Å². The molecule has 1 unspecified atom stereocenters. The lowest BCUT2D eigenvalue weighted by Crippen LogP contribution is -2.39. The molecule has 0 aliphatic heterocycles. The average molecular weight is 388 g/mol. The molecule has 1 aromatic heterocycles. The number of nitrogens with one attached hydrogen (secondary N) is 1. The molecular formula is C20H24N2O4S. The molecule has 0 bridgehead atoms. The van der Waals surface area contributed by atoms with Gasteiger partial charge in [0.2, 0.25) is 5.91 Å². The number of hydrogen-bond acceptors (Lipinski definition) is 5. The Balaban J connectivity index is 1.63. The van der Waals surface area contributed by atoms with Crippen molar-refractivity contribution >= 4 is 22.9 Å². The Morgan fingerprint density at radius 3 is 2.48 bits per heavy atom. The molecule has 1 saturated carbocycles. The van der Waals surface area contributed by atoms with E-state index < -0.39 is 11.0 Å². The summed E-state index contributed by atoms with van der Waals surface area (Å²) in [6.07, 6.45) is 4.08.